The minimum absolute atomic E-state index is 0.645. The second-order valence-corrected chi connectivity index (χ2v) is 7.25. The summed E-state index contributed by atoms with van der Waals surface area (Å²) in [6.07, 6.45) is 8.58. The molecule has 0 atom stereocenters. The van der Waals surface area contributed by atoms with Crippen LogP contribution in [0.15, 0.2) is 24.3 Å². The maximum atomic E-state index is 4.69. The summed E-state index contributed by atoms with van der Waals surface area (Å²) in [4.78, 5) is 11.5. The van der Waals surface area contributed by atoms with Crippen molar-refractivity contribution in [3.63, 3.8) is 0 Å². The quantitative estimate of drug-likeness (QED) is 0.648. The van der Waals surface area contributed by atoms with Crippen LogP contribution in [-0.4, -0.2) is 42.5 Å². The molecule has 1 saturated heterocycles. The van der Waals surface area contributed by atoms with Crippen LogP contribution in [0.1, 0.15) is 41.3 Å². The number of imidazole rings is 1. The molecule has 0 radical (unpaired) electrons. The van der Waals surface area contributed by atoms with E-state index in [0.29, 0.717) is 11.5 Å². The second-order valence-electron chi connectivity index (χ2n) is 7.25. The smallest absolute Gasteiger partial charge is 0.245 e. The Hall–Kier alpha value is -3.40. The van der Waals surface area contributed by atoms with Crippen molar-refractivity contribution < 1.29 is 0 Å². The van der Waals surface area contributed by atoms with E-state index in [-0.39, 0.29) is 0 Å². The molecule has 28 heavy (non-hydrogen) atoms. The zero-order valence-electron chi connectivity index (χ0n) is 16.3. The molecule has 0 unspecified atom stereocenters. The van der Waals surface area contributed by atoms with E-state index < -0.39 is 0 Å². The Morgan fingerprint density at radius 1 is 1.04 bits per heavy atom. The Morgan fingerprint density at radius 2 is 1.82 bits per heavy atom. The number of aryl methyl sites for hydroxylation is 3. The highest BCUT2D eigenvalue weighted by molar-refractivity contribution is 5.87. The van der Waals surface area contributed by atoms with Crippen LogP contribution in [0.5, 0.6) is 0 Å². The standard InChI is InChI=1S/C21H21N7/c1-14-15(2)28-20(22-14)18(16-7-6-8-16)13-17(24-28)9-10-19-23-21(25-26(19)3)27-11-4-5-12-27/h6-8,13H,4-5,11-12H2,1-3H3. The lowest BCUT2D eigenvalue weighted by atomic mass is 10.0. The summed E-state index contributed by atoms with van der Waals surface area (Å²) in [6, 6.07) is 2.00. The fourth-order valence-corrected chi connectivity index (χ4v) is 3.53. The molecule has 0 aromatic carbocycles. The average Bonchev–Trinajstić information content (AvgIpc) is 3.34. The van der Waals surface area contributed by atoms with Crippen LogP contribution in [0, 0.1) is 25.7 Å². The number of allylic oxidation sites excluding steroid dienone is 4. The summed E-state index contributed by atoms with van der Waals surface area (Å²) in [5.41, 5.74) is 5.76. The summed E-state index contributed by atoms with van der Waals surface area (Å²) in [5, 5.41) is 9.20. The van der Waals surface area contributed by atoms with Crippen LogP contribution in [0.4, 0.5) is 5.95 Å². The van der Waals surface area contributed by atoms with E-state index in [1.165, 1.54) is 12.8 Å². The predicted octanol–water partition coefficient (Wildman–Crippen LogP) is 2.43. The van der Waals surface area contributed by atoms with Crippen molar-refractivity contribution in [2.45, 2.75) is 26.7 Å². The number of anilines is 1. The van der Waals surface area contributed by atoms with Crippen molar-refractivity contribution in [2.24, 2.45) is 7.05 Å². The average molecular weight is 371 g/mol. The molecule has 3 aromatic heterocycles. The first kappa shape index (κ1) is 16.8. The third-order valence-corrected chi connectivity index (χ3v) is 5.35. The van der Waals surface area contributed by atoms with Crippen LogP contribution >= 0.6 is 0 Å². The highest BCUT2D eigenvalue weighted by atomic mass is 15.4. The Bertz CT molecular complexity index is 1210. The molecule has 0 spiro atoms. The highest BCUT2D eigenvalue weighted by Gasteiger charge is 2.18. The molecular weight excluding hydrogens is 350 g/mol. The van der Waals surface area contributed by atoms with Gasteiger partial charge in [0, 0.05) is 25.7 Å². The van der Waals surface area contributed by atoms with Crippen LogP contribution in [0.2, 0.25) is 0 Å². The molecule has 7 nitrogen and oxygen atoms in total. The van der Waals surface area contributed by atoms with Gasteiger partial charge in [-0.1, -0.05) is 18.2 Å². The van der Waals surface area contributed by atoms with Gasteiger partial charge < -0.3 is 4.90 Å². The van der Waals surface area contributed by atoms with Gasteiger partial charge in [0.2, 0.25) is 11.8 Å². The largest absolute Gasteiger partial charge is 0.340 e. The van der Waals surface area contributed by atoms with Gasteiger partial charge in [0.05, 0.1) is 11.4 Å². The lowest BCUT2D eigenvalue weighted by molar-refractivity contribution is 0.745. The molecule has 4 heterocycles. The number of aromatic nitrogens is 6. The maximum Gasteiger partial charge on any atom is 0.245 e. The summed E-state index contributed by atoms with van der Waals surface area (Å²) < 4.78 is 3.62. The van der Waals surface area contributed by atoms with E-state index in [9.17, 15) is 0 Å². The minimum atomic E-state index is 0.645. The first-order chi connectivity index (χ1) is 13.6. The Morgan fingerprint density at radius 3 is 2.54 bits per heavy atom. The maximum absolute atomic E-state index is 4.69. The zero-order valence-corrected chi connectivity index (χ0v) is 16.3. The normalized spacial score (nSPS) is 15.5. The molecule has 1 aliphatic heterocycles. The van der Waals surface area contributed by atoms with Gasteiger partial charge in [-0.2, -0.15) is 10.1 Å². The van der Waals surface area contributed by atoms with Crippen LogP contribution in [0.25, 0.3) is 11.2 Å². The van der Waals surface area contributed by atoms with Gasteiger partial charge in [0.1, 0.15) is 5.69 Å². The SMILES string of the molecule is Cc1nc2c(C3=CC=C3)cc(C#Cc3nc(N4CCCC4)nn3C)nn2c1C. The molecule has 0 amide bonds. The summed E-state index contributed by atoms with van der Waals surface area (Å²) in [5.74, 6) is 7.73. The van der Waals surface area contributed by atoms with Crippen molar-refractivity contribution in [1.29, 1.82) is 0 Å². The van der Waals surface area contributed by atoms with Crippen molar-refractivity contribution in [2.75, 3.05) is 18.0 Å². The van der Waals surface area contributed by atoms with Gasteiger partial charge >= 0.3 is 0 Å². The van der Waals surface area contributed by atoms with E-state index in [4.69, 9.17) is 0 Å². The fourth-order valence-electron chi connectivity index (χ4n) is 3.53. The topological polar surface area (TPSA) is 64.1 Å². The van der Waals surface area contributed by atoms with Crippen molar-refractivity contribution >= 4 is 17.2 Å². The summed E-state index contributed by atoms with van der Waals surface area (Å²) in [7, 11) is 1.88. The van der Waals surface area contributed by atoms with E-state index in [2.05, 4.69) is 49.1 Å². The van der Waals surface area contributed by atoms with Crippen molar-refractivity contribution in [3.8, 4) is 11.8 Å². The van der Waals surface area contributed by atoms with E-state index in [1.54, 1.807) is 4.68 Å². The molecular formula is C21H21N7. The molecule has 1 fully saturated rings. The Labute approximate surface area is 163 Å². The predicted molar refractivity (Wildman–Crippen MR) is 108 cm³/mol. The molecule has 3 aromatic rings. The highest BCUT2D eigenvalue weighted by Crippen LogP contribution is 2.27. The fraction of sp³-hybridized carbons (Fsp3) is 0.333. The molecule has 140 valence electrons. The molecule has 1 aliphatic carbocycles. The van der Waals surface area contributed by atoms with Crippen molar-refractivity contribution in [1.82, 2.24) is 29.4 Å². The molecule has 0 bridgehead atoms. The van der Waals surface area contributed by atoms with E-state index >= 15 is 0 Å². The first-order valence-electron chi connectivity index (χ1n) is 9.54. The van der Waals surface area contributed by atoms with Gasteiger partial charge in [-0.25, -0.2) is 14.2 Å². The third kappa shape index (κ3) is 2.69. The number of nitrogens with zero attached hydrogens (tertiary/aromatic N) is 7. The van der Waals surface area contributed by atoms with E-state index in [1.807, 2.05) is 37.6 Å². The Balaban J connectivity index is 1.55. The van der Waals surface area contributed by atoms with Gasteiger partial charge in [-0.15, -0.1) is 5.10 Å². The lowest BCUT2D eigenvalue weighted by Gasteiger charge is -2.10. The summed E-state index contributed by atoms with van der Waals surface area (Å²) in [6.45, 7) is 6.06. The monoisotopic (exact) mass is 371 g/mol. The number of fused-ring (bicyclic) bond motifs is 1. The van der Waals surface area contributed by atoms with Crippen LogP contribution in [0.3, 0.4) is 0 Å². The molecule has 7 heteroatoms. The van der Waals surface area contributed by atoms with Crippen LogP contribution in [-0.2, 0) is 7.05 Å². The zero-order chi connectivity index (χ0) is 19.3. The van der Waals surface area contributed by atoms with Gasteiger partial charge in [-0.05, 0) is 50.2 Å². The molecule has 0 saturated carbocycles. The lowest BCUT2D eigenvalue weighted by Crippen LogP contribution is -2.19. The molecule has 5 rings (SSSR count). The number of rotatable bonds is 2. The van der Waals surface area contributed by atoms with E-state index in [0.717, 1.165) is 47.2 Å². The number of hydrogen-bond donors (Lipinski definition) is 0. The third-order valence-electron chi connectivity index (χ3n) is 5.35. The van der Waals surface area contributed by atoms with Gasteiger partial charge in [0.25, 0.3) is 0 Å². The molecule has 2 aliphatic rings. The minimum Gasteiger partial charge on any atom is -0.340 e. The number of hydrogen-bond acceptors (Lipinski definition) is 5. The molecule has 0 N–H and O–H groups in total. The van der Waals surface area contributed by atoms with Gasteiger partial charge in [0.15, 0.2) is 5.65 Å². The Kier molecular flexibility index (Phi) is 3.79. The van der Waals surface area contributed by atoms with Crippen LogP contribution < -0.4 is 4.90 Å². The van der Waals surface area contributed by atoms with Gasteiger partial charge in [-0.3, -0.25) is 0 Å². The first-order valence-corrected chi connectivity index (χ1v) is 9.54. The second kappa shape index (κ2) is 6.34. The van der Waals surface area contributed by atoms with Crippen molar-refractivity contribution in [3.05, 3.63) is 52.8 Å². The summed E-state index contributed by atoms with van der Waals surface area (Å²) >= 11 is 0.